The number of nitrogens with zero attached hydrogens (tertiary/aromatic N) is 1. The van der Waals surface area contributed by atoms with Crippen LogP contribution in [-0.4, -0.2) is 17.0 Å². The molecular weight excluding hydrogens is 302 g/mol. The van der Waals surface area contributed by atoms with Crippen LogP contribution in [0.5, 0.6) is 0 Å². The first-order valence-electron chi connectivity index (χ1n) is 7.72. The van der Waals surface area contributed by atoms with E-state index in [2.05, 4.69) is 36.4 Å². The lowest BCUT2D eigenvalue weighted by molar-refractivity contribution is -0.702. The third-order valence-electron chi connectivity index (χ3n) is 3.61. The normalized spacial score (nSPS) is 12.0. The first-order chi connectivity index (χ1) is 11.3. The number of aliphatic hydroxyl groups excluding tert-OH is 1. The number of hydrogen-bond donors (Lipinski definition) is 1. The molecule has 0 aliphatic carbocycles. The highest BCUT2D eigenvalue weighted by molar-refractivity contribution is 7.99. The van der Waals surface area contributed by atoms with Gasteiger partial charge in [-0.25, -0.2) is 4.57 Å². The number of aliphatic hydroxyl groups is 1. The van der Waals surface area contributed by atoms with Crippen molar-refractivity contribution in [3.63, 3.8) is 0 Å². The number of aromatic nitrogens is 1. The summed E-state index contributed by atoms with van der Waals surface area (Å²) in [4.78, 5) is 1.19. The molecule has 0 aliphatic rings. The Morgan fingerprint density at radius 1 is 0.783 bits per heavy atom. The molecule has 2 nitrogen and oxygen atoms in total. The molecule has 3 aromatic rings. The third kappa shape index (κ3) is 4.68. The highest BCUT2D eigenvalue weighted by atomic mass is 32.2. The predicted octanol–water partition coefficient (Wildman–Crippen LogP) is 3.79. The first kappa shape index (κ1) is 15.8. The van der Waals surface area contributed by atoms with Gasteiger partial charge < -0.3 is 5.11 Å². The summed E-state index contributed by atoms with van der Waals surface area (Å²) >= 11 is 1.68. The fourth-order valence-electron chi connectivity index (χ4n) is 2.41. The Morgan fingerprint density at radius 2 is 1.35 bits per heavy atom. The van der Waals surface area contributed by atoms with Crippen LogP contribution in [0.2, 0.25) is 0 Å². The van der Waals surface area contributed by atoms with Crippen LogP contribution < -0.4 is 4.57 Å². The van der Waals surface area contributed by atoms with E-state index in [0.717, 1.165) is 0 Å². The molecule has 0 radical (unpaired) electrons. The molecule has 0 saturated heterocycles. The molecule has 3 rings (SSSR count). The maximum atomic E-state index is 10.2. The van der Waals surface area contributed by atoms with Crippen LogP contribution in [-0.2, 0) is 6.54 Å². The average molecular weight is 322 g/mol. The summed E-state index contributed by atoms with van der Waals surface area (Å²) in [6.45, 7) is 0.606. The molecule has 1 atom stereocenters. The van der Waals surface area contributed by atoms with Gasteiger partial charge in [0, 0.05) is 22.8 Å². The number of thioether (sulfide) groups is 1. The summed E-state index contributed by atoms with van der Waals surface area (Å²) in [5.74, 6) is 0.692. The Balaban J connectivity index is 1.55. The fraction of sp³-hybridized carbons (Fsp3) is 0.150. The van der Waals surface area contributed by atoms with Gasteiger partial charge in [0.15, 0.2) is 18.9 Å². The van der Waals surface area contributed by atoms with Crippen molar-refractivity contribution in [2.75, 3.05) is 5.75 Å². The van der Waals surface area contributed by atoms with Crippen LogP contribution in [0.25, 0.3) is 11.1 Å². The Labute approximate surface area is 141 Å². The molecular formula is C20H20NOS+. The first-order valence-corrected chi connectivity index (χ1v) is 8.70. The minimum atomic E-state index is -0.368. The quantitative estimate of drug-likeness (QED) is 0.551. The van der Waals surface area contributed by atoms with Crippen molar-refractivity contribution in [2.24, 2.45) is 0 Å². The van der Waals surface area contributed by atoms with Gasteiger partial charge in [-0.2, -0.15) is 0 Å². The lowest BCUT2D eigenvalue weighted by Gasteiger charge is -2.07. The van der Waals surface area contributed by atoms with Crippen LogP contribution in [0.1, 0.15) is 0 Å². The van der Waals surface area contributed by atoms with Crippen molar-refractivity contribution in [3.8, 4) is 11.1 Å². The Morgan fingerprint density at radius 3 is 2.00 bits per heavy atom. The number of benzene rings is 2. The molecule has 1 unspecified atom stereocenters. The van der Waals surface area contributed by atoms with Gasteiger partial charge in [-0.15, -0.1) is 11.8 Å². The molecule has 0 fully saturated rings. The van der Waals surface area contributed by atoms with Crippen LogP contribution in [0.4, 0.5) is 0 Å². The van der Waals surface area contributed by atoms with Gasteiger partial charge in [-0.1, -0.05) is 48.5 Å². The van der Waals surface area contributed by atoms with Crippen LogP contribution in [0, 0.1) is 0 Å². The van der Waals surface area contributed by atoms with Crippen molar-refractivity contribution in [1.29, 1.82) is 0 Å². The van der Waals surface area contributed by atoms with E-state index in [1.165, 1.54) is 16.0 Å². The van der Waals surface area contributed by atoms with E-state index < -0.39 is 0 Å². The van der Waals surface area contributed by atoms with Crippen molar-refractivity contribution < 1.29 is 9.67 Å². The van der Waals surface area contributed by atoms with Crippen molar-refractivity contribution >= 4 is 11.8 Å². The van der Waals surface area contributed by atoms with Crippen LogP contribution in [0.15, 0.2) is 90.1 Å². The van der Waals surface area contributed by atoms with Gasteiger partial charge in [0.05, 0.1) is 0 Å². The molecule has 0 spiro atoms. The van der Waals surface area contributed by atoms with E-state index in [4.69, 9.17) is 0 Å². The Kier molecular flexibility index (Phi) is 5.46. The van der Waals surface area contributed by atoms with Gasteiger partial charge in [-0.3, -0.25) is 0 Å². The molecule has 1 N–H and O–H groups in total. The average Bonchev–Trinajstić information content (AvgIpc) is 2.62. The molecule has 0 bridgehead atoms. The number of hydrogen-bond acceptors (Lipinski definition) is 2. The van der Waals surface area contributed by atoms with Crippen molar-refractivity contribution in [3.05, 3.63) is 85.2 Å². The van der Waals surface area contributed by atoms with E-state index in [1.54, 1.807) is 11.8 Å². The van der Waals surface area contributed by atoms with Gasteiger partial charge in [0.2, 0.25) is 0 Å². The maximum Gasteiger partial charge on any atom is 0.174 e. The summed E-state index contributed by atoms with van der Waals surface area (Å²) < 4.78 is 2.03. The zero-order chi connectivity index (χ0) is 15.9. The van der Waals surface area contributed by atoms with E-state index in [9.17, 15) is 5.11 Å². The topological polar surface area (TPSA) is 24.1 Å². The lowest BCUT2D eigenvalue weighted by atomic mass is 10.1. The SMILES string of the molecule is OC(CSc1ccccc1)C[n+]1ccc(-c2ccccc2)cc1. The lowest BCUT2D eigenvalue weighted by Crippen LogP contribution is -2.40. The molecule has 1 heterocycles. The molecule has 23 heavy (non-hydrogen) atoms. The van der Waals surface area contributed by atoms with E-state index in [1.807, 2.05) is 53.4 Å². The summed E-state index contributed by atoms with van der Waals surface area (Å²) in [5.41, 5.74) is 2.40. The van der Waals surface area contributed by atoms with Crippen molar-refractivity contribution in [1.82, 2.24) is 0 Å². The summed E-state index contributed by atoms with van der Waals surface area (Å²) in [5, 5.41) is 10.2. The van der Waals surface area contributed by atoms with E-state index in [-0.39, 0.29) is 6.10 Å². The second-order valence-electron chi connectivity index (χ2n) is 5.43. The van der Waals surface area contributed by atoms with Gasteiger partial charge >= 0.3 is 0 Å². The Bertz CT molecular complexity index is 714. The molecule has 3 heteroatoms. The van der Waals surface area contributed by atoms with Crippen LogP contribution >= 0.6 is 11.8 Å². The predicted molar refractivity (Wildman–Crippen MR) is 95.2 cm³/mol. The molecule has 0 aliphatic heterocycles. The zero-order valence-electron chi connectivity index (χ0n) is 12.9. The summed E-state index contributed by atoms with van der Waals surface area (Å²) in [6.07, 6.45) is 3.69. The van der Waals surface area contributed by atoms with Crippen LogP contribution in [0.3, 0.4) is 0 Å². The number of pyridine rings is 1. The Hall–Kier alpha value is -2.10. The second kappa shape index (κ2) is 7.95. The van der Waals surface area contributed by atoms with Gasteiger partial charge in [0.1, 0.15) is 6.10 Å². The molecule has 116 valence electrons. The zero-order valence-corrected chi connectivity index (χ0v) is 13.7. The largest absolute Gasteiger partial charge is 0.386 e. The third-order valence-corrected chi connectivity index (χ3v) is 4.76. The van der Waals surface area contributed by atoms with Gasteiger partial charge in [0.25, 0.3) is 0 Å². The summed E-state index contributed by atoms with van der Waals surface area (Å²) in [7, 11) is 0. The monoisotopic (exact) mass is 322 g/mol. The highest BCUT2D eigenvalue weighted by Crippen LogP contribution is 2.18. The number of rotatable bonds is 6. The minimum Gasteiger partial charge on any atom is -0.386 e. The second-order valence-corrected chi connectivity index (χ2v) is 6.52. The van der Waals surface area contributed by atoms with E-state index >= 15 is 0 Å². The smallest absolute Gasteiger partial charge is 0.174 e. The highest BCUT2D eigenvalue weighted by Gasteiger charge is 2.11. The standard InChI is InChI=1S/C20H20NOS/c22-19(16-23-20-9-5-2-6-10-20)15-21-13-11-18(12-14-21)17-7-3-1-4-8-17/h1-14,19,22H,15-16H2/q+1. The van der Waals surface area contributed by atoms with Gasteiger partial charge in [-0.05, 0) is 23.3 Å². The fourth-order valence-corrected chi connectivity index (χ4v) is 3.25. The molecule has 2 aromatic carbocycles. The molecule has 0 saturated carbocycles. The van der Waals surface area contributed by atoms with Crippen molar-refractivity contribution in [2.45, 2.75) is 17.5 Å². The summed E-state index contributed by atoms with van der Waals surface area (Å²) in [6, 6.07) is 24.7. The molecule has 1 aromatic heterocycles. The van der Waals surface area contributed by atoms with E-state index in [0.29, 0.717) is 12.3 Å². The maximum absolute atomic E-state index is 10.2. The minimum absolute atomic E-state index is 0.368. The molecule has 0 amide bonds.